The van der Waals surface area contributed by atoms with Gasteiger partial charge in [0, 0.05) is 0 Å². The molecule has 136 valence electrons. The first kappa shape index (κ1) is 25.7. The predicted molar refractivity (Wildman–Crippen MR) is 78.7 cm³/mol. The van der Waals surface area contributed by atoms with E-state index < -0.39 is 23.9 Å². The van der Waals surface area contributed by atoms with Crippen molar-refractivity contribution in [3.63, 3.8) is 0 Å². The number of hydrogen-bond acceptors (Lipinski definition) is 8. The highest BCUT2D eigenvalue weighted by atomic mass is 16.4. The molecule has 0 aromatic carbocycles. The van der Waals surface area contributed by atoms with Crippen molar-refractivity contribution in [1.29, 1.82) is 0 Å². The van der Waals surface area contributed by atoms with Crippen LogP contribution in [0.5, 0.6) is 0 Å². The molecule has 0 saturated carbocycles. The molecule has 1 rings (SSSR count). The number of nitrogens with two attached hydrogens (primary N) is 3. The van der Waals surface area contributed by atoms with Crippen LogP contribution in [-0.2, 0) is 19.2 Å². The van der Waals surface area contributed by atoms with E-state index in [1.807, 2.05) is 0 Å². The lowest BCUT2D eigenvalue weighted by Gasteiger charge is -1.99. The zero-order valence-corrected chi connectivity index (χ0v) is 12.5. The van der Waals surface area contributed by atoms with Crippen LogP contribution in [-0.4, -0.2) is 76.5 Å². The van der Waals surface area contributed by atoms with E-state index in [2.05, 4.69) is 22.5 Å². The Morgan fingerprint density at radius 3 is 1.22 bits per heavy atom. The third-order valence-electron chi connectivity index (χ3n) is 1.88. The molecule has 1 aliphatic heterocycles. The molecular weight excluding hydrogens is 316 g/mol. The van der Waals surface area contributed by atoms with Gasteiger partial charge in [-0.15, -0.1) is 0 Å². The number of rotatable bonds is 4. The standard InChI is InChI=1S/C5H9NO2.3C2H5NO2/c7-5(8)4-2-1-3-6-4;3*3-1-2(4)5/h4,6H,1-3H2,(H,7,8);3*1,3H2,(H,4,5)/t4-;;;/m0.../s1. The SMILES string of the molecule is NCC(=O)O.NCC(=O)O.NCC(=O)O.O=C(O)[C@@H]1CCCN1. The van der Waals surface area contributed by atoms with E-state index in [1.54, 1.807) is 0 Å². The van der Waals surface area contributed by atoms with Gasteiger partial charge >= 0.3 is 23.9 Å². The van der Waals surface area contributed by atoms with Crippen molar-refractivity contribution in [1.82, 2.24) is 5.32 Å². The molecule has 0 aromatic heterocycles. The summed E-state index contributed by atoms with van der Waals surface area (Å²) in [6, 6.07) is -0.269. The molecule has 0 aliphatic carbocycles. The third-order valence-corrected chi connectivity index (χ3v) is 1.88. The number of carboxylic acids is 4. The van der Waals surface area contributed by atoms with E-state index in [4.69, 9.17) is 20.4 Å². The maximum atomic E-state index is 10.1. The van der Waals surface area contributed by atoms with Gasteiger partial charge in [-0.2, -0.15) is 0 Å². The first-order valence-corrected chi connectivity index (χ1v) is 6.34. The fraction of sp³-hybridized carbons (Fsp3) is 0.636. The molecule has 0 aromatic rings. The fourth-order valence-electron chi connectivity index (χ4n) is 0.895. The van der Waals surface area contributed by atoms with Gasteiger partial charge in [0.15, 0.2) is 0 Å². The molecule has 23 heavy (non-hydrogen) atoms. The van der Waals surface area contributed by atoms with E-state index in [9.17, 15) is 19.2 Å². The van der Waals surface area contributed by atoms with Gasteiger partial charge in [-0.3, -0.25) is 19.2 Å². The van der Waals surface area contributed by atoms with Crippen LogP contribution in [0.25, 0.3) is 0 Å². The second-order valence-corrected chi connectivity index (χ2v) is 3.78. The van der Waals surface area contributed by atoms with Gasteiger partial charge in [0.25, 0.3) is 0 Å². The summed E-state index contributed by atoms with van der Waals surface area (Å²) in [5.41, 5.74) is 13.7. The number of aliphatic carboxylic acids is 4. The van der Waals surface area contributed by atoms with Gasteiger partial charge in [0.2, 0.25) is 0 Å². The summed E-state index contributed by atoms with van der Waals surface area (Å²) in [4.78, 5) is 37.9. The molecule has 1 aliphatic rings. The molecule has 0 bridgehead atoms. The average molecular weight is 340 g/mol. The van der Waals surface area contributed by atoms with Gasteiger partial charge in [0.05, 0.1) is 19.6 Å². The number of carboxylic acid groups (broad SMARTS) is 4. The van der Waals surface area contributed by atoms with Gasteiger partial charge in [-0.05, 0) is 19.4 Å². The minimum Gasteiger partial charge on any atom is -0.480 e. The highest BCUT2D eigenvalue weighted by molar-refractivity contribution is 5.73. The second-order valence-electron chi connectivity index (χ2n) is 3.78. The average Bonchev–Trinajstić information content (AvgIpc) is 3.03. The molecule has 1 saturated heterocycles. The molecule has 11 N–H and O–H groups in total. The summed E-state index contributed by atoms with van der Waals surface area (Å²) < 4.78 is 0. The first-order valence-electron chi connectivity index (χ1n) is 6.34. The summed E-state index contributed by atoms with van der Waals surface area (Å²) in [7, 11) is 0. The molecule has 1 atom stereocenters. The lowest BCUT2D eigenvalue weighted by atomic mass is 10.2. The summed E-state index contributed by atoms with van der Waals surface area (Å²) in [6.45, 7) is 0.0248. The molecule has 12 nitrogen and oxygen atoms in total. The topological polar surface area (TPSA) is 239 Å². The minimum atomic E-state index is -0.968. The number of hydrogen-bond donors (Lipinski definition) is 8. The largest absolute Gasteiger partial charge is 0.480 e. The van der Waals surface area contributed by atoms with Crippen LogP contribution < -0.4 is 22.5 Å². The highest BCUT2D eigenvalue weighted by Crippen LogP contribution is 2.03. The summed E-state index contributed by atoms with van der Waals surface area (Å²) in [5.74, 6) is -3.62. The van der Waals surface area contributed by atoms with Crippen LogP contribution in [0, 0.1) is 0 Å². The molecule has 0 amide bonds. The van der Waals surface area contributed by atoms with Crippen LogP contribution in [0.2, 0.25) is 0 Å². The van der Waals surface area contributed by atoms with Crippen molar-refractivity contribution in [2.24, 2.45) is 17.2 Å². The predicted octanol–water partition coefficient (Wildman–Crippen LogP) is -3.09. The third kappa shape index (κ3) is 28.6. The van der Waals surface area contributed by atoms with Crippen molar-refractivity contribution >= 4 is 23.9 Å². The normalized spacial score (nSPS) is 14.7. The summed E-state index contributed by atoms with van der Waals surface area (Å²) in [6.07, 6.45) is 1.78. The minimum absolute atomic E-state index is 0.269. The van der Waals surface area contributed by atoms with Crippen molar-refractivity contribution in [2.45, 2.75) is 18.9 Å². The van der Waals surface area contributed by atoms with E-state index >= 15 is 0 Å². The van der Waals surface area contributed by atoms with Crippen LogP contribution in [0.4, 0.5) is 0 Å². The van der Waals surface area contributed by atoms with Crippen molar-refractivity contribution < 1.29 is 39.6 Å². The quantitative estimate of drug-likeness (QED) is 0.254. The maximum absolute atomic E-state index is 10.1. The van der Waals surface area contributed by atoms with E-state index in [1.165, 1.54) is 0 Å². The Balaban J connectivity index is -0.000000240. The lowest BCUT2D eigenvalue weighted by molar-refractivity contribution is -0.139. The van der Waals surface area contributed by atoms with Crippen LogP contribution >= 0.6 is 0 Å². The highest BCUT2D eigenvalue weighted by Gasteiger charge is 2.20. The van der Waals surface area contributed by atoms with Crippen LogP contribution in [0.15, 0.2) is 0 Å². The zero-order chi connectivity index (χ0) is 18.8. The first-order chi connectivity index (χ1) is 10.6. The Morgan fingerprint density at radius 2 is 1.13 bits per heavy atom. The smallest absolute Gasteiger partial charge is 0.320 e. The molecule has 0 spiro atoms. The second kappa shape index (κ2) is 17.8. The van der Waals surface area contributed by atoms with Crippen molar-refractivity contribution in [2.75, 3.05) is 26.2 Å². The Morgan fingerprint density at radius 1 is 0.826 bits per heavy atom. The van der Waals surface area contributed by atoms with E-state index in [0.29, 0.717) is 0 Å². The monoisotopic (exact) mass is 340 g/mol. The van der Waals surface area contributed by atoms with Gasteiger partial charge in [-0.25, -0.2) is 0 Å². The van der Waals surface area contributed by atoms with Gasteiger partial charge < -0.3 is 42.9 Å². The number of nitrogens with one attached hydrogen (secondary N) is 1. The lowest BCUT2D eigenvalue weighted by Crippen LogP contribution is -2.29. The van der Waals surface area contributed by atoms with Crippen LogP contribution in [0.1, 0.15) is 12.8 Å². The maximum Gasteiger partial charge on any atom is 0.320 e. The fourth-order valence-corrected chi connectivity index (χ4v) is 0.895. The van der Waals surface area contributed by atoms with Gasteiger partial charge in [0.1, 0.15) is 6.04 Å². The number of carbonyl (C=O) groups is 4. The molecule has 1 heterocycles. The summed E-state index contributed by atoms with van der Waals surface area (Å²) >= 11 is 0. The molecule has 1 fully saturated rings. The zero-order valence-electron chi connectivity index (χ0n) is 12.5. The Kier molecular flexibility index (Phi) is 19.8. The molecule has 0 radical (unpaired) electrons. The Labute approximate surface area is 132 Å². The van der Waals surface area contributed by atoms with Gasteiger partial charge in [-0.1, -0.05) is 0 Å². The van der Waals surface area contributed by atoms with E-state index in [-0.39, 0.29) is 25.7 Å². The van der Waals surface area contributed by atoms with Crippen molar-refractivity contribution in [3.8, 4) is 0 Å². The Bertz CT molecular complexity index is 325. The molecular formula is C11H24N4O8. The van der Waals surface area contributed by atoms with Crippen molar-refractivity contribution in [3.05, 3.63) is 0 Å². The van der Waals surface area contributed by atoms with Crippen LogP contribution in [0.3, 0.4) is 0 Å². The summed E-state index contributed by atoms with van der Waals surface area (Å²) in [5, 5.41) is 34.0. The Hall–Kier alpha value is -2.28. The molecule has 12 heteroatoms. The van der Waals surface area contributed by atoms with E-state index in [0.717, 1.165) is 19.4 Å². The molecule has 0 unspecified atom stereocenters.